The summed E-state index contributed by atoms with van der Waals surface area (Å²) in [6.45, 7) is 15.2. The van der Waals surface area contributed by atoms with Crippen LogP contribution in [0.15, 0.2) is 51.4 Å². The third-order valence-corrected chi connectivity index (χ3v) is 8.84. The van der Waals surface area contributed by atoms with Crippen molar-refractivity contribution >= 4 is 41.1 Å². The second-order valence-electron chi connectivity index (χ2n) is 13.0. The molecule has 1 aliphatic rings. The van der Waals surface area contributed by atoms with Crippen LogP contribution in [0.1, 0.15) is 105 Å². The van der Waals surface area contributed by atoms with Crippen LogP contribution in [0.25, 0.3) is 0 Å². The molecule has 0 saturated carbocycles. The SMILES string of the molecule is CCOC(=O)c1csc([C@@H](NC(=O)c2coc([C@@H](NC(=O)[C@H]3N=C([C@@H](NC(=O)OCc4ccccc4)C(C)C)O[C@@H]3C)C(C)C)n2)C(C)C)n1. The van der Waals surface area contributed by atoms with E-state index in [0.717, 1.165) is 5.56 Å². The van der Waals surface area contributed by atoms with Crippen LogP contribution in [0.3, 0.4) is 0 Å². The molecule has 0 saturated heterocycles. The van der Waals surface area contributed by atoms with E-state index >= 15 is 0 Å². The van der Waals surface area contributed by atoms with Crippen molar-refractivity contribution in [3.63, 3.8) is 0 Å². The van der Waals surface area contributed by atoms with Crippen molar-refractivity contribution in [1.82, 2.24) is 25.9 Å². The smallest absolute Gasteiger partial charge is 0.408 e. The zero-order chi connectivity index (χ0) is 36.5. The third kappa shape index (κ3) is 9.67. The Balaban J connectivity index is 1.41. The highest BCUT2D eigenvalue weighted by Crippen LogP contribution is 2.27. The summed E-state index contributed by atoms with van der Waals surface area (Å²) in [4.78, 5) is 65.0. The first-order valence-electron chi connectivity index (χ1n) is 16.7. The topological polar surface area (TPSA) is 183 Å². The molecular formula is C35H46N6O8S. The molecule has 4 rings (SSSR count). The Kier molecular flexibility index (Phi) is 13.1. The van der Waals surface area contributed by atoms with E-state index in [1.807, 2.05) is 71.9 Å². The van der Waals surface area contributed by atoms with Crippen molar-refractivity contribution in [3.05, 3.63) is 69.8 Å². The summed E-state index contributed by atoms with van der Waals surface area (Å²) in [5, 5.41) is 10.9. The minimum Gasteiger partial charge on any atom is -0.474 e. The van der Waals surface area contributed by atoms with Crippen LogP contribution in [0.5, 0.6) is 0 Å². The number of aliphatic imine (C=N–C) groups is 1. The van der Waals surface area contributed by atoms with E-state index in [1.165, 1.54) is 17.6 Å². The molecule has 0 unspecified atom stereocenters. The van der Waals surface area contributed by atoms with Gasteiger partial charge in [-0.05, 0) is 37.2 Å². The van der Waals surface area contributed by atoms with Gasteiger partial charge in [-0.1, -0.05) is 71.9 Å². The lowest BCUT2D eigenvalue weighted by Crippen LogP contribution is -2.45. The quantitative estimate of drug-likeness (QED) is 0.173. The number of hydrogen-bond donors (Lipinski definition) is 3. The summed E-state index contributed by atoms with van der Waals surface area (Å²) in [5.41, 5.74) is 1.06. The molecule has 14 nitrogen and oxygen atoms in total. The standard InChI is InChI=1S/C35H46N6O8S/c1-9-46-34(44)24-17-50-33(37-24)27(20(6)7)39-29(42)23-16-47-31(36-23)25(18(2)3)38-30(43)28-21(8)49-32(40-28)26(19(4)5)41-35(45)48-15-22-13-11-10-12-14-22/h10-14,16-21,25-28H,9,15H2,1-8H3,(H,38,43)(H,39,42)(H,41,45)/t21-,25+,26+,27+,28+/m1/s1. The first kappa shape index (κ1) is 38.0. The Hall–Kier alpha value is -4.79. The molecular weight excluding hydrogens is 664 g/mol. The molecule has 0 spiro atoms. The van der Waals surface area contributed by atoms with Gasteiger partial charge < -0.3 is 34.6 Å². The van der Waals surface area contributed by atoms with Gasteiger partial charge in [0.25, 0.3) is 5.91 Å². The molecule has 3 aromatic rings. The molecule has 0 bridgehead atoms. The van der Waals surface area contributed by atoms with Crippen molar-refractivity contribution in [1.29, 1.82) is 0 Å². The molecule has 15 heteroatoms. The van der Waals surface area contributed by atoms with E-state index in [-0.39, 0.29) is 54.1 Å². The Morgan fingerprint density at radius 1 is 0.860 bits per heavy atom. The minimum absolute atomic E-state index is 0.0237. The van der Waals surface area contributed by atoms with Gasteiger partial charge in [-0.25, -0.2) is 24.5 Å². The zero-order valence-electron chi connectivity index (χ0n) is 29.6. The van der Waals surface area contributed by atoms with E-state index in [1.54, 1.807) is 19.2 Å². The number of carbonyl (C=O) groups excluding carboxylic acids is 4. The fourth-order valence-corrected chi connectivity index (χ4v) is 6.11. The molecule has 0 fully saturated rings. The molecule has 5 atom stereocenters. The molecule has 0 aliphatic carbocycles. The van der Waals surface area contributed by atoms with Gasteiger partial charge in [0, 0.05) is 5.38 Å². The summed E-state index contributed by atoms with van der Waals surface area (Å²) in [6.07, 6.45) is -0.00546. The Labute approximate surface area is 295 Å². The van der Waals surface area contributed by atoms with E-state index in [9.17, 15) is 19.2 Å². The first-order valence-corrected chi connectivity index (χ1v) is 17.6. The van der Waals surface area contributed by atoms with Crippen LogP contribution in [-0.4, -0.2) is 64.5 Å². The molecule has 1 aromatic carbocycles. The Morgan fingerprint density at radius 3 is 2.18 bits per heavy atom. The number of carbonyl (C=O) groups is 4. The summed E-state index contributed by atoms with van der Waals surface area (Å²) in [6, 6.07) is 6.61. The van der Waals surface area contributed by atoms with Gasteiger partial charge in [-0.3, -0.25) is 9.59 Å². The third-order valence-electron chi connectivity index (χ3n) is 7.92. The molecule has 3 amide bonds. The van der Waals surface area contributed by atoms with E-state index in [2.05, 4.69) is 30.9 Å². The molecule has 50 heavy (non-hydrogen) atoms. The van der Waals surface area contributed by atoms with E-state index < -0.39 is 54.1 Å². The van der Waals surface area contributed by atoms with Crippen molar-refractivity contribution in [2.75, 3.05) is 6.61 Å². The fourth-order valence-electron chi connectivity index (χ4n) is 5.10. The average Bonchev–Trinajstić information content (AvgIpc) is 3.84. The average molecular weight is 711 g/mol. The lowest BCUT2D eigenvalue weighted by atomic mass is 10.0. The van der Waals surface area contributed by atoms with Crippen LogP contribution < -0.4 is 16.0 Å². The maximum atomic E-state index is 13.6. The number of hydrogen-bond acceptors (Lipinski definition) is 12. The number of esters is 1. The number of nitrogens with one attached hydrogen (secondary N) is 3. The first-order chi connectivity index (χ1) is 23.8. The summed E-state index contributed by atoms with van der Waals surface area (Å²) in [7, 11) is 0. The maximum Gasteiger partial charge on any atom is 0.408 e. The number of amides is 3. The van der Waals surface area contributed by atoms with Crippen molar-refractivity contribution < 1.29 is 37.8 Å². The monoisotopic (exact) mass is 710 g/mol. The van der Waals surface area contributed by atoms with Gasteiger partial charge >= 0.3 is 12.1 Å². The number of benzene rings is 1. The van der Waals surface area contributed by atoms with Crippen molar-refractivity contribution in [2.24, 2.45) is 22.7 Å². The lowest BCUT2D eigenvalue weighted by Gasteiger charge is -2.22. The van der Waals surface area contributed by atoms with Crippen LogP contribution in [0.2, 0.25) is 0 Å². The summed E-state index contributed by atoms with van der Waals surface area (Å²) in [5.74, 6) is -1.40. The predicted molar refractivity (Wildman–Crippen MR) is 185 cm³/mol. The lowest BCUT2D eigenvalue weighted by molar-refractivity contribution is -0.124. The van der Waals surface area contributed by atoms with Gasteiger partial charge in [-0.15, -0.1) is 11.3 Å². The zero-order valence-corrected chi connectivity index (χ0v) is 30.4. The minimum atomic E-state index is -0.906. The van der Waals surface area contributed by atoms with Gasteiger partial charge in [0.15, 0.2) is 17.4 Å². The Bertz CT molecular complexity index is 1650. The normalized spacial score (nSPS) is 17.5. The van der Waals surface area contributed by atoms with Crippen LogP contribution >= 0.6 is 11.3 Å². The molecule has 3 heterocycles. The van der Waals surface area contributed by atoms with Crippen molar-refractivity contribution in [3.8, 4) is 0 Å². The maximum absolute atomic E-state index is 13.6. The summed E-state index contributed by atoms with van der Waals surface area (Å²) >= 11 is 1.25. The highest BCUT2D eigenvalue weighted by Gasteiger charge is 2.39. The van der Waals surface area contributed by atoms with E-state index in [4.69, 9.17) is 18.6 Å². The van der Waals surface area contributed by atoms with Crippen LogP contribution in [0, 0.1) is 17.8 Å². The highest BCUT2D eigenvalue weighted by atomic mass is 32.1. The number of rotatable bonds is 15. The molecule has 3 N–H and O–H groups in total. The number of ether oxygens (including phenoxy) is 3. The summed E-state index contributed by atoms with van der Waals surface area (Å²) < 4.78 is 22.1. The number of thiazole rings is 1. The highest BCUT2D eigenvalue weighted by molar-refractivity contribution is 7.09. The number of oxazole rings is 1. The fraction of sp³-hybridized carbons (Fsp3) is 0.514. The van der Waals surface area contributed by atoms with Gasteiger partial charge in [0.2, 0.25) is 17.7 Å². The number of nitrogens with zero attached hydrogens (tertiary/aromatic N) is 3. The predicted octanol–water partition coefficient (Wildman–Crippen LogP) is 5.39. The van der Waals surface area contributed by atoms with E-state index in [0.29, 0.717) is 5.01 Å². The van der Waals surface area contributed by atoms with Gasteiger partial charge in [-0.2, -0.15) is 0 Å². The number of alkyl carbamates (subject to hydrolysis) is 1. The molecule has 1 aliphatic heterocycles. The van der Waals surface area contributed by atoms with Gasteiger partial charge in [0.05, 0.1) is 12.6 Å². The molecule has 0 radical (unpaired) electrons. The second kappa shape index (κ2) is 17.2. The molecule has 2 aromatic heterocycles. The number of aromatic nitrogens is 2. The van der Waals surface area contributed by atoms with Crippen molar-refractivity contribution in [2.45, 2.75) is 92.3 Å². The second-order valence-corrected chi connectivity index (χ2v) is 13.8. The van der Waals surface area contributed by atoms with Gasteiger partial charge in [0.1, 0.15) is 36.1 Å². The Morgan fingerprint density at radius 2 is 1.54 bits per heavy atom. The van der Waals surface area contributed by atoms with Crippen LogP contribution in [0.4, 0.5) is 4.79 Å². The molecule has 270 valence electrons. The largest absolute Gasteiger partial charge is 0.474 e. The van der Waals surface area contributed by atoms with Crippen LogP contribution in [-0.2, 0) is 25.6 Å².